The Hall–Kier alpha value is -2.06. The van der Waals surface area contributed by atoms with Gasteiger partial charge in [-0.2, -0.15) is 0 Å². The zero-order valence-corrected chi connectivity index (χ0v) is 21.1. The third-order valence-corrected chi connectivity index (χ3v) is 9.77. The minimum absolute atomic E-state index is 0.00443. The van der Waals surface area contributed by atoms with E-state index in [9.17, 15) is 0 Å². The van der Waals surface area contributed by atoms with Crippen molar-refractivity contribution in [1.29, 1.82) is 0 Å². The first-order valence-corrected chi connectivity index (χ1v) is 14.1. The summed E-state index contributed by atoms with van der Waals surface area (Å²) < 4.78 is 6.44. The molecule has 0 bridgehead atoms. The Morgan fingerprint density at radius 1 is 1.00 bits per heavy atom. The summed E-state index contributed by atoms with van der Waals surface area (Å²) in [5, 5.41) is 2.90. The zero-order chi connectivity index (χ0) is 22.3. The van der Waals surface area contributed by atoms with Gasteiger partial charge in [0.2, 0.25) is 0 Å². The van der Waals surface area contributed by atoms with Gasteiger partial charge in [0.1, 0.15) is 20.4 Å². The molecule has 2 aromatic rings. The van der Waals surface area contributed by atoms with E-state index >= 15 is 0 Å². The summed E-state index contributed by atoms with van der Waals surface area (Å²) in [6, 6.07) is 11.7. The Morgan fingerprint density at radius 2 is 1.70 bits per heavy atom. The van der Waals surface area contributed by atoms with E-state index in [1.54, 1.807) is 0 Å². The molecule has 0 saturated heterocycles. The summed E-state index contributed by atoms with van der Waals surface area (Å²) in [7, 11) is -2.04. The molecule has 2 aromatic carbocycles. The fourth-order valence-electron chi connectivity index (χ4n) is 4.36. The van der Waals surface area contributed by atoms with Crippen molar-refractivity contribution in [3.63, 3.8) is 0 Å². The normalized spacial score (nSPS) is 14.0. The van der Waals surface area contributed by atoms with Crippen molar-refractivity contribution in [3.05, 3.63) is 71.3 Å². The van der Waals surface area contributed by atoms with Gasteiger partial charge in [-0.1, -0.05) is 110 Å². The maximum Gasteiger partial charge on any atom is 0.123 e. The van der Waals surface area contributed by atoms with Crippen molar-refractivity contribution in [2.75, 3.05) is 6.61 Å². The van der Waals surface area contributed by atoms with Gasteiger partial charge in [0.25, 0.3) is 0 Å². The van der Waals surface area contributed by atoms with Crippen molar-refractivity contribution in [2.45, 2.75) is 71.9 Å². The summed E-state index contributed by atoms with van der Waals surface area (Å²) in [5.74, 6) is 1.08. The highest BCUT2D eigenvalue weighted by Crippen LogP contribution is 2.36. The van der Waals surface area contributed by atoms with Crippen LogP contribution in [0.2, 0.25) is 13.1 Å². The molecular weight excluding hydrogens is 380 g/mol. The molecule has 1 aliphatic carbocycles. The summed E-state index contributed by atoms with van der Waals surface area (Å²) in [4.78, 5) is 0. The number of hydrogen-bond acceptors (Lipinski definition) is 1. The van der Waals surface area contributed by atoms with E-state index < -0.39 is 8.07 Å². The van der Waals surface area contributed by atoms with Crippen LogP contribution in [0, 0.1) is 0 Å². The van der Waals surface area contributed by atoms with E-state index in [0.717, 1.165) is 12.2 Å². The van der Waals surface area contributed by atoms with E-state index in [2.05, 4.69) is 104 Å². The fourth-order valence-corrected chi connectivity index (χ4v) is 7.37. The van der Waals surface area contributed by atoms with Gasteiger partial charge >= 0.3 is 0 Å². The summed E-state index contributed by atoms with van der Waals surface area (Å²) in [6.07, 6.45) is 7.51. The standard InChI is InChI=1S/C28H38OSi/c1-10-17-29-26-23(28(5,6)7)18-21(27(2,3)4)19-25(26)30(8,9)24-16-12-14-20-13-11-15-22(20)24/h10-12,14-16,18-19H,1,13,17H2,2-9H3. The summed E-state index contributed by atoms with van der Waals surface area (Å²) in [6.45, 7) is 23.2. The summed E-state index contributed by atoms with van der Waals surface area (Å²) >= 11 is 0. The predicted octanol–water partition coefficient (Wildman–Crippen LogP) is 6.24. The number of allylic oxidation sites excluding steroid dienone is 1. The molecule has 0 aromatic heterocycles. The van der Waals surface area contributed by atoms with E-state index in [1.807, 2.05) is 6.08 Å². The van der Waals surface area contributed by atoms with Crippen LogP contribution >= 0.6 is 0 Å². The number of fused-ring (bicyclic) bond motifs is 1. The number of benzene rings is 2. The molecule has 0 N–H and O–H groups in total. The lowest BCUT2D eigenvalue weighted by atomic mass is 9.80. The van der Waals surface area contributed by atoms with Gasteiger partial charge in [0, 0.05) is 0 Å². The minimum atomic E-state index is -2.04. The Labute approximate surface area is 184 Å². The molecule has 2 heteroatoms. The fraction of sp³-hybridized carbons (Fsp3) is 0.429. The molecule has 1 nitrogen and oxygen atoms in total. The van der Waals surface area contributed by atoms with Crippen LogP contribution < -0.4 is 15.1 Å². The summed E-state index contributed by atoms with van der Waals surface area (Å²) in [5.41, 5.74) is 5.64. The lowest BCUT2D eigenvalue weighted by molar-refractivity contribution is 0.353. The Bertz CT molecular complexity index is 981. The van der Waals surface area contributed by atoms with Gasteiger partial charge in [-0.05, 0) is 49.9 Å². The van der Waals surface area contributed by atoms with E-state index in [4.69, 9.17) is 4.74 Å². The van der Waals surface area contributed by atoms with Gasteiger partial charge in [-0.25, -0.2) is 0 Å². The van der Waals surface area contributed by atoms with Crippen LogP contribution in [0.5, 0.6) is 5.75 Å². The molecule has 0 atom stereocenters. The molecule has 0 spiro atoms. The van der Waals surface area contributed by atoms with Crippen LogP contribution in [0.3, 0.4) is 0 Å². The third-order valence-electron chi connectivity index (χ3n) is 6.27. The second-order valence-electron chi connectivity index (χ2n) is 11.1. The van der Waals surface area contributed by atoms with Crippen LogP contribution in [0.1, 0.15) is 63.8 Å². The average molecular weight is 419 g/mol. The van der Waals surface area contributed by atoms with Crippen LogP contribution in [0.15, 0.2) is 49.1 Å². The largest absolute Gasteiger partial charge is 0.489 e. The third kappa shape index (κ3) is 4.20. The first kappa shape index (κ1) is 22.6. The molecule has 0 unspecified atom stereocenters. The van der Waals surface area contributed by atoms with Crippen LogP contribution in [0.25, 0.3) is 6.08 Å². The lowest BCUT2D eigenvalue weighted by Gasteiger charge is -2.34. The van der Waals surface area contributed by atoms with Crippen LogP contribution in [-0.2, 0) is 17.3 Å². The smallest absolute Gasteiger partial charge is 0.123 e. The highest BCUT2D eigenvalue weighted by Gasteiger charge is 2.36. The maximum atomic E-state index is 6.44. The average Bonchev–Trinajstić information content (AvgIpc) is 3.12. The lowest BCUT2D eigenvalue weighted by Crippen LogP contribution is -2.55. The van der Waals surface area contributed by atoms with Crippen molar-refractivity contribution in [2.24, 2.45) is 0 Å². The van der Waals surface area contributed by atoms with Gasteiger partial charge in [-0.3, -0.25) is 0 Å². The Balaban J connectivity index is 2.35. The van der Waals surface area contributed by atoms with Crippen LogP contribution in [0.4, 0.5) is 0 Å². The molecule has 0 amide bonds. The Morgan fingerprint density at radius 3 is 2.30 bits per heavy atom. The number of hydrogen-bond donors (Lipinski definition) is 0. The molecule has 0 fully saturated rings. The second-order valence-corrected chi connectivity index (χ2v) is 15.4. The molecule has 0 radical (unpaired) electrons. The molecule has 30 heavy (non-hydrogen) atoms. The van der Waals surface area contributed by atoms with Crippen molar-refractivity contribution < 1.29 is 4.74 Å². The highest BCUT2D eigenvalue weighted by molar-refractivity contribution is 7.01. The molecule has 1 aliphatic rings. The van der Waals surface area contributed by atoms with E-state index in [-0.39, 0.29) is 10.8 Å². The van der Waals surface area contributed by atoms with Crippen molar-refractivity contribution >= 4 is 24.5 Å². The number of rotatable bonds is 5. The van der Waals surface area contributed by atoms with Crippen molar-refractivity contribution in [3.8, 4) is 5.75 Å². The van der Waals surface area contributed by atoms with Gasteiger partial charge in [-0.15, -0.1) is 0 Å². The molecule has 0 aliphatic heterocycles. The first-order chi connectivity index (χ1) is 13.9. The van der Waals surface area contributed by atoms with Gasteiger partial charge in [0.05, 0.1) is 0 Å². The molecule has 0 heterocycles. The van der Waals surface area contributed by atoms with Crippen molar-refractivity contribution in [1.82, 2.24) is 0 Å². The van der Waals surface area contributed by atoms with Gasteiger partial charge < -0.3 is 4.74 Å². The molecule has 0 saturated carbocycles. The van der Waals surface area contributed by atoms with E-state index in [1.165, 1.54) is 32.6 Å². The second kappa shape index (κ2) is 7.89. The minimum Gasteiger partial charge on any atom is -0.489 e. The number of ether oxygens (including phenoxy) is 1. The SMILES string of the molecule is C=CCOc1c(C(C)(C)C)cc(C(C)(C)C)cc1[Si](C)(C)c1cccc2c1C=CC2. The monoisotopic (exact) mass is 418 g/mol. The van der Waals surface area contributed by atoms with Crippen LogP contribution in [-0.4, -0.2) is 14.7 Å². The highest BCUT2D eigenvalue weighted by atomic mass is 28.3. The quantitative estimate of drug-likeness (QED) is 0.412. The molecular formula is C28H38OSi. The molecule has 3 rings (SSSR count). The first-order valence-electron chi connectivity index (χ1n) is 11.1. The van der Waals surface area contributed by atoms with E-state index in [0.29, 0.717) is 6.61 Å². The predicted molar refractivity (Wildman–Crippen MR) is 135 cm³/mol. The zero-order valence-electron chi connectivity index (χ0n) is 20.1. The van der Waals surface area contributed by atoms with Gasteiger partial charge in [0.15, 0.2) is 0 Å². The molecule has 160 valence electrons. The topological polar surface area (TPSA) is 9.23 Å². The maximum absolute atomic E-state index is 6.44. The Kier molecular flexibility index (Phi) is 5.95.